The van der Waals surface area contributed by atoms with E-state index in [1.807, 2.05) is 24.3 Å². The number of amides is 1. The summed E-state index contributed by atoms with van der Waals surface area (Å²) in [6.45, 7) is 6.75. The summed E-state index contributed by atoms with van der Waals surface area (Å²) in [5.74, 6) is -0.208. The zero-order valence-corrected chi connectivity index (χ0v) is 16.9. The number of hydrogen-bond donors (Lipinski definition) is 2. The quantitative estimate of drug-likeness (QED) is 0.631. The SMILES string of the molecule is CC(C)(C)c1ccccc1NC(=O)c1ccnc(NCCc2ccccc2F)n1. The van der Waals surface area contributed by atoms with Gasteiger partial charge in [-0.25, -0.2) is 14.4 Å². The first-order chi connectivity index (χ1) is 13.8. The second-order valence-corrected chi connectivity index (χ2v) is 7.78. The number of anilines is 2. The molecule has 2 N–H and O–H groups in total. The maximum Gasteiger partial charge on any atom is 0.274 e. The van der Waals surface area contributed by atoms with Crippen LogP contribution in [-0.4, -0.2) is 22.4 Å². The van der Waals surface area contributed by atoms with Crippen LogP contribution in [0.15, 0.2) is 60.8 Å². The second-order valence-electron chi connectivity index (χ2n) is 7.78. The van der Waals surface area contributed by atoms with Crippen LogP contribution in [0.2, 0.25) is 0 Å². The average Bonchev–Trinajstić information content (AvgIpc) is 2.69. The van der Waals surface area contributed by atoms with Crippen LogP contribution in [0.5, 0.6) is 0 Å². The van der Waals surface area contributed by atoms with Crippen molar-refractivity contribution in [1.82, 2.24) is 9.97 Å². The van der Waals surface area contributed by atoms with Gasteiger partial charge in [-0.1, -0.05) is 57.2 Å². The van der Waals surface area contributed by atoms with Gasteiger partial charge in [-0.2, -0.15) is 0 Å². The van der Waals surface area contributed by atoms with Crippen molar-refractivity contribution >= 4 is 17.5 Å². The predicted octanol–water partition coefficient (Wildman–Crippen LogP) is 4.82. The van der Waals surface area contributed by atoms with E-state index in [0.717, 1.165) is 11.3 Å². The zero-order valence-electron chi connectivity index (χ0n) is 16.9. The third-order valence-corrected chi connectivity index (χ3v) is 4.51. The maximum absolute atomic E-state index is 13.7. The molecule has 0 aliphatic rings. The monoisotopic (exact) mass is 392 g/mol. The summed E-state index contributed by atoms with van der Waals surface area (Å²) >= 11 is 0. The van der Waals surface area contributed by atoms with Crippen LogP contribution in [0.25, 0.3) is 0 Å². The summed E-state index contributed by atoms with van der Waals surface area (Å²) in [6.07, 6.45) is 2.02. The van der Waals surface area contributed by atoms with Crippen LogP contribution in [0, 0.1) is 5.82 Å². The van der Waals surface area contributed by atoms with Crippen molar-refractivity contribution in [3.8, 4) is 0 Å². The summed E-state index contributed by atoms with van der Waals surface area (Å²) in [5.41, 5.74) is 2.59. The van der Waals surface area contributed by atoms with E-state index < -0.39 is 0 Å². The van der Waals surface area contributed by atoms with E-state index in [2.05, 4.69) is 41.4 Å². The first-order valence-electron chi connectivity index (χ1n) is 9.56. The molecule has 29 heavy (non-hydrogen) atoms. The van der Waals surface area contributed by atoms with Crippen molar-refractivity contribution in [3.63, 3.8) is 0 Å². The Hall–Kier alpha value is -3.28. The molecule has 0 fully saturated rings. The van der Waals surface area contributed by atoms with E-state index in [-0.39, 0.29) is 22.8 Å². The molecule has 0 unspecified atom stereocenters. The number of rotatable bonds is 6. The molecule has 150 valence electrons. The lowest BCUT2D eigenvalue weighted by atomic mass is 9.86. The normalized spacial score (nSPS) is 11.2. The van der Waals surface area contributed by atoms with E-state index in [9.17, 15) is 9.18 Å². The van der Waals surface area contributed by atoms with Gasteiger partial charge in [0.2, 0.25) is 5.95 Å². The molecule has 0 spiro atoms. The Kier molecular flexibility index (Phi) is 6.22. The Morgan fingerprint density at radius 2 is 1.76 bits per heavy atom. The van der Waals surface area contributed by atoms with Crippen molar-refractivity contribution < 1.29 is 9.18 Å². The molecule has 0 saturated carbocycles. The minimum absolute atomic E-state index is 0.102. The minimum atomic E-state index is -0.304. The largest absolute Gasteiger partial charge is 0.354 e. The Balaban J connectivity index is 1.66. The highest BCUT2D eigenvalue weighted by molar-refractivity contribution is 6.03. The molecule has 0 saturated heterocycles. The highest BCUT2D eigenvalue weighted by atomic mass is 19.1. The molecular formula is C23H25FN4O. The molecule has 1 aromatic heterocycles. The van der Waals surface area contributed by atoms with E-state index in [1.165, 1.54) is 12.3 Å². The number of aromatic nitrogens is 2. The van der Waals surface area contributed by atoms with Crippen molar-refractivity contribution in [2.75, 3.05) is 17.2 Å². The van der Waals surface area contributed by atoms with Crippen molar-refractivity contribution in [1.29, 1.82) is 0 Å². The van der Waals surface area contributed by atoms with Crippen LogP contribution >= 0.6 is 0 Å². The Bertz CT molecular complexity index is 998. The van der Waals surface area contributed by atoms with E-state index in [1.54, 1.807) is 24.3 Å². The van der Waals surface area contributed by atoms with Gasteiger partial charge in [-0.15, -0.1) is 0 Å². The average molecular weight is 392 g/mol. The van der Waals surface area contributed by atoms with E-state index in [0.29, 0.717) is 24.5 Å². The smallest absolute Gasteiger partial charge is 0.274 e. The molecule has 0 atom stereocenters. The first-order valence-corrected chi connectivity index (χ1v) is 9.56. The summed E-state index contributed by atoms with van der Waals surface area (Å²) in [7, 11) is 0. The van der Waals surface area contributed by atoms with Crippen LogP contribution in [-0.2, 0) is 11.8 Å². The highest BCUT2D eigenvalue weighted by Gasteiger charge is 2.19. The Morgan fingerprint density at radius 3 is 2.52 bits per heavy atom. The number of carbonyl (C=O) groups excluding carboxylic acids is 1. The summed E-state index contributed by atoms with van der Waals surface area (Å²) in [5, 5.41) is 5.99. The molecule has 0 aliphatic carbocycles. The van der Waals surface area contributed by atoms with Crippen molar-refractivity contribution in [2.45, 2.75) is 32.6 Å². The molecule has 5 nitrogen and oxygen atoms in total. The third kappa shape index (κ3) is 5.38. The minimum Gasteiger partial charge on any atom is -0.354 e. The lowest BCUT2D eigenvalue weighted by Gasteiger charge is -2.22. The molecule has 6 heteroatoms. The van der Waals surface area contributed by atoms with E-state index in [4.69, 9.17) is 0 Å². The summed E-state index contributed by atoms with van der Waals surface area (Å²) < 4.78 is 13.7. The van der Waals surface area contributed by atoms with Gasteiger partial charge in [-0.05, 0) is 41.2 Å². The standard InChI is InChI=1S/C23H25FN4O/c1-23(2,3)17-9-5-7-11-19(17)27-21(29)20-13-15-26-22(28-20)25-14-12-16-8-4-6-10-18(16)24/h4-11,13,15H,12,14H2,1-3H3,(H,27,29)(H,25,26,28). The van der Waals surface area contributed by atoms with Gasteiger partial charge in [0.15, 0.2) is 0 Å². The van der Waals surface area contributed by atoms with Gasteiger partial charge in [0, 0.05) is 18.4 Å². The molecule has 2 aromatic carbocycles. The molecular weight excluding hydrogens is 367 g/mol. The molecule has 3 rings (SSSR count). The number of halogens is 1. The van der Waals surface area contributed by atoms with Crippen LogP contribution < -0.4 is 10.6 Å². The summed E-state index contributed by atoms with van der Waals surface area (Å²) in [6, 6.07) is 15.9. The fraction of sp³-hybridized carbons (Fsp3) is 0.261. The van der Waals surface area contributed by atoms with Crippen molar-refractivity contribution in [3.05, 3.63) is 83.4 Å². The number of nitrogens with one attached hydrogen (secondary N) is 2. The van der Waals surface area contributed by atoms with E-state index >= 15 is 0 Å². The molecule has 1 heterocycles. The van der Waals surface area contributed by atoms with Gasteiger partial charge in [0.05, 0.1) is 0 Å². The lowest BCUT2D eigenvalue weighted by Crippen LogP contribution is -2.20. The Morgan fingerprint density at radius 1 is 1.03 bits per heavy atom. The zero-order chi connectivity index (χ0) is 20.9. The van der Waals surface area contributed by atoms with Crippen molar-refractivity contribution in [2.24, 2.45) is 0 Å². The number of benzene rings is 2. The maximum atomic E-state index is 13.7. The number of hydrogen-bond acceptors (Lipinski definition) is 4. The van der Waals surface area contributed by atoms with Gasteiger partial charge >= 0.3 is 0 Å². The van der Waals surface area contributed by atoms with Gasteiger partial charge in [0.25, 0.3) is 5.91 Å². The molecule has 0 radical (unpaired) electrons. The van der Waals surface area contributed by atoms with Crippen LogP contribution in [0.3, 0.4) is 0 Å². The molecule has 1 amide bonds. The third-order valence-electron chi connectivity index (χ3n) is 4.51. The first kappa shape index (κ1) is 20.5. The number of carbonyl (C=O) groups is 1. The number of para-hydroxylation sites is 1. The lowest BCUT2D eigenvalue weighted by molar-refractivity contribution is 0.102. The topological polar surface area (TPSA) is 66.9 Å². The highest BCUT2D eigenvalue weighted by Crippen LogP contribution is 2.29. The Labute approximate surface area is 170 Å². The molecule has 3 aromatic rings. The van der Waals surface area contributed by atoms with Crippen LogP contribution in [0.1, 0.15) is 42.4 Å². The fourth-order valence-corrected chi connectivity index (χ4v) is 3.01. The van der Waals surface area contributed by atoms with Crippen LogP contribution in [0.4, 0.5) is 16.0 Å². The summed E-state index contributed by atoms with van der Waals surface area (Å²) in [4.78, 5) is 21.1. The van der Waals surface area contributed by atoms with Gasteiger partial charge in [0.1, 0.15) is 11.5 Å². The van der Waals surface area contributed by atoms with Gasteiger partial charge < -0.3 is 10.6 Å². The molecule has 0 aliphatic heterocycles. The number of nitrogens with zero attached hydrogens (tertiary/aromatic N) is 2. The second kappa shape index (κ2) is 8.82. The fourth-order valence-electron chi connectivity index (χ4n) is 3.01. The predicted molar refractivity (Wildman–Crippen MR) is 114 cm³/mol. The van der Waals surface area contributed by atoms with Gasteiger partial charge in [-0.3, -0.25) is 4.79 Å². The molecule has 0 bridgehead atoms.